The standard InChI is InChI=1S/C45H61N5O6/c1-45(2,3)49-43(54)39-26-23-31-11-7-10-14-38(31)50(39)28-35-27-40(32-19-17-30(29-51)18-20-32)56-44(55-35)33-21-24-34(25-22-33)47-41(52)15-5-4-6-16-42(53)48-37-13-9-8-12-36(37)46/h8-9,12-13,17-22,24-25,31,35,38-40,44,51H,4-7,10-11,14-16,23,26-29,46H2,1-3H3,(H,47,52)(H,48,53)(H,49,54)/t31-,35+,38-,39-,40-,44-/m1/s1. The molecule has 2 saturated heterocycles. The van der Waals surface area contributed by atoms with Gasteiger partial charge < -0.3 is 36.3 Å². The first-order chi connectivity index (χ1) is 27.0. The van der Waals surface area contributed by atoms with E-state index in [1.807, 2.05) is 81.4 Å². The average molecular weight is 768 g/mol. The smallest absolute Gasteiger partial charge is 0.237 e. The number of likely N-dealkylation sites (tertiary alicyclic amines) is 1. The molecule has 3 aliphatic rings. The molecule has 3 fully saturated rings. The minimum absolute atomic E-state index is 0.0250. The number of ether oxygens (including phenoxy) is 2. The van der Waals surface area contributed by atoms with Crippen molar-refractivity contribution in [1.29, 1.82) is 0 Å². The fourth-order valence-corrected chi connectivity index (χ4v) is 8.51. The molecule has 1 aliphatic carbocycles. The van der Waals surface area contributed by atoms with Crippen molar-refractivity contribution in [3.05, 3.63) is 89.5 Å². The Bertz CT molecular complexity index is 1760. The average Bonchev–Trinajstić information content (AvgIpc) is 3.18. The molecular weight excluding hydrogens is 707 g/mol. The zero-order valence-corrected chi connectivity index (χ0v) is 33.3. The Morgan fingerprint density at radius 3 is 2.18 bits per heavy atom. The largest absolute Gasteiger partial charge is 0.397 e. The van der Waals surface area contributed by atoms with E-state index in [-0.39, 0.29) is 48.1 Å². The van der Waals surface area contributed by atoms with Crippen molar-refractivity contribution in [2.75, 3.05) is 22.9 Å². The number of benzene rings is 3. The van der Waals surface area contributed by atoms with Gasteiger partial charge in [-0.25, -0.2) is 0 Å². The van der Waals surface area contributed by atoms with Crippen molar-refractivity contribution in [1.82, 2.24) is 10.2 Å². The van der Waals surface area contributed by atoms with E-state index in [0.717, 1.165) is 42.4 Å². The topological polar surface area (TPSA) is 155 Å². The number of para-hydroxylation sites is 2. The number of hydrogen-bond acceptors (Lipinski definition) is 8. The number of nitrogens with zero attached hydrogens (tertiary/aromatic N) is 1. The molecule has 3 amide bonds. The number of nitrogens with two attached hydrogens (primary N) is 1. The number of rotatable bonds is 14. The van der Waals surface area contributed by atoms with Gasteiger partial charge in [-0.15, -0.1) is 0 Å². The Labute approximate surface area is 332 Å². The maximum atomic E-state index is 13.8. The van der Waals surface area contributed by atoms with Crippen LogP contribution in [0.3, 0.4) is 0 Å². The Balaban J connectivity index is 1.08. The number of piperidine rings is 1. The van der Waals surface area contributed by atoms with Crippen LogP contribution in [0.25, 0.3) is 0 Å². The van der Waals surface area contributed by atoms with Crippen LogP contribution in [-0.2, 0) is 30.5 Å². The summed E-state index contributed by atoms with van der Waals surface area (Å²) in [7, 11) is 0. The van der Waals surface area contributed by atoms with Gasteiger partial charge in [0.1, 0.15) is 0 Å². The number of carbonyl (C=O) groups excluding carboxylic acids is 3. The van der Waals surface area contributed by atoms with Gasteiger partial charge in [0.15, 0.2) is 6.29 Å². The molecule has 0 bridgehead atoms. The van der Waals surface area contributed by atoms with Crippen molar-refractivity contribution >= 4 is 34.8 Å². The van der Waals surface area contributed by atoms with Crippen LogP contribution in [-0.4, -0.2) is 58.0 Å². The van der Waals surface area contributed by atoms with Crippen LogP contribution in [0.2, 0.25) is 0 Å². The highest BCUT2D eigenvalue weighted by molar-refractivity contribution is 5.93. The molecule has 0 spiro atoms. The number of unbranched alkanes of at least 4 members (excludes halogenated alkanes) is 2. The Morgan fingerprint density at radius 1 is 0.804 bits per heavy atom. The molecule has 6 rings (SSSR count). The summed E-state index contributed by atoms with van der Waals surface area (Å²) in [5.41, 5.74) is 10.1. The van der Waals surface area contributed by atoms with Gasteiger partial charge >= 0.3 is 0 Å². The summed E-state index contributed by atoms with van der Waals surface area (Å²) in [6.45, 7) is 6.71. The van der Waals surface area contributed by atoms with E-state index in [4.69, 9.17) is 15.2 Å². The van der Waals surface area contributed by atoms with Crippen molar-refractivity contribution in [2.24, 2.45) is 5.92 Å². The minimum Gasteiger partial charge on any atom is -0.397 e. The number of aliphatic hydroxyl groups excluding tert-OH is 1. The van der Waals surface area contributed by atoms with Gasteiger partial charge in [-0.05, 0) is 101 Å². The quantitative estimate of drug-likeness (QED) is 0.0824. The molecule has 11 heteroatoms. The first kappa shape index (κ1) is 41.3. The molecule has 302 valence electrons. The number of nitrogens with one attached hydrogen (secondary N) is 3. The van der Waals surface area contributed by atoms with Crippen LogP contribution in [0.15, 0.2) is 72.8 Å². The minimum atomic E-state index is -0.648. The first-order valence-electron chi connectivity index (χ1n) is 20.6. The van der Waals surface area contributed by atoms with Crippen molar-refractivity contribution in [2.45, 2.75) is 141 Å². The van der Waals surface area contributed by atoms with Crippen molar-refractivity contribution < 1.29 is 29.0 Å². The third kappa shape index (κ3) is 11.4. The molecule has 0 unspecified atom stereocenters. The maximum absolute atomic E-state index is 13.8. The molecule has 56 heavy (non-hydrogen) atoms. The van der Waals surface area contributed by atoms with Gasteiger partial charge in [-0.2, -0.15) is 0 Å². The summed E-state index contributed by atoms with van der Waals surface area (Å²) < 4.78 is 13.4. The van der Waals surface area contributed by atoms with Gasteiger partial charge in [0.25, 0.3) is 0 Å². The molecule has 1 saturated carbocycles. The number of carbonyl (C=O) groups is 3. The van der Waals surface area contributed by atoms with Crippen molar-refractivity contribution in [3.8, 4) is 0 Å². The van der Waals surface area contributed by atoms with Crippen molar-refractivity contribution in [3.63, 3.8) is 0 Å². The number of nitrogen functional groups attached to an aromatic ring is 1. The van der Waals surface area contributed by atoms with Gasteiger partial charge in [-0.3, -0.25) is 19.3 Å². The first-order valence-corrected chi connectivity index (χ1v) is 20.6. The summed E-state index contributed by atoms with van der Waals surface area (Å²) in [5, 5.41) is 18.8. The fraction of sp³-hybridized carbons (Fsp3) is 0.533. The summed E-state index contributed by atoms with van der Waals surface area (Å²) >= 11 is 0. The van der Waals surface area contributed by atoms with E-state index in [1.165, 1.54) is 19.3 Å². The lowest BCUT2D eigenvalue weighted by atomic mass is 9.75. The predicted octanol–water partition coefficient (Wildman–Crippen LogP) is 7.77. The maximum Gasteiger partial charge on any atom is 0.237 e. The zero-order valence-electron chi connectivity index (χ0n) is 33.3. The molecule has 6 atom stereocenters. The van der Waals surface area contributed by atoms with Crippen LogP contribution in [0.5, 0.6) is 0 Å². The van der Waals surface area contributed by atoms with E-state index < -0.39 is 6.29 Å². The Hall–Kier alpha value is -4.29. The summed E-state index contributed by atoms with van der Waals surface area (Å²) in [4.78, 5) is 41.3. The molecule has 3 aromatic rings. The SMILES string of the molecule is CC(C)(C)NC(=O)[C@H]1CC[C@H]2CCCC[C@H]2N1C[C@@H]1C[C@H](c2ccc(CO)cc2)O[C@H](c2ccc(NC(=O)CCCCCC(=O)Nc3ccccc3N)cc2)O1. The Kier molecular flexibility index (Phi) is 14.2. The number of hydrogen-bond donors (Lipinski definition) is 5. The van der Waals surface area contributed by atoms with E-state index in [0.29, 0.717) is 67.7 Å². The normalized spacial score (nSPS) is 24.1. The third-order valence-electron chi connectivity index (χ3n) is 11.3. The lowest BCUT2D eigenvalue weighted by Gasteiger charge is -2.50. The molecule has 0 radical (unpaired) electrons. The Morgan fingerprint density at radius 2 is 1.48 bits per heavy atom. The fourth-order valence-electron chi connectivity index (χ4n) is 8.51. The van der Waals surface area contributed by atoms with E-state index >= 15 is 0 Å². The van der Waals surface area contributed by atoms with Crippen LogP contribution in [0.1, 0.15) is 127 Å². The number of aliphatic hydroxyl groups is 1. The summed E-state index contributed by atoms with van der Waals surface area (Å²) in [5.74, 6) is 0.515. The van der Waals surface area contributed by atoms with Crippen LogP contribution in [0, 0.1) is 5.92 Å². The molecule has 3 aromatic carbocycles. The van der Waals surface area contributed by atoms with Gasteiger partial charge in [0.2, 0.25) is 17.7 Å². The lowest BCUT2D eigenvalue weighted by Crippen LogP contribution is -2.61. The van der Waals surface area contributed by atoms with Crippen LogP contribution in [0.4, 0.5) is 17.1 Å². The molecule has 2 aliphatic heterocycles. The van der Waals surface area contributed by atoms with Crippen LogP contribution >= 0.6 is 0 Å². The lowest BCUT2D eigenvalue weighted by molar-refractivity contribution is -0.255. The highest BCUT2D eigenvalue weighted by Crippen LogP contribution is 2.42. The second-order valence-corrected chi connectivity index (χ2v) is 16.9. The monoisotopic (exact) mass is 767 g/mol. The molecular formula is C45H61N5O6. The second kappa shape index (κ2) is 19.2. The highest BCUT2D eigenvalue weighted by Gasteiger charge is 2.44. The molecule has 2 heterocycles. The van der Waals surface area contributed by atoms with Gasteiger partial charge in [0.05, 0.1) is 36.2 Å². The second-order valence-electron chi connectivity index (χ2n) is 16.9. The van der Waals surface area contributed by atoms with E-state index in [9.17, 15) is 19.5 Å². The van der Waals surface area contributed by atoms with Gasteiger partial charge in [0, 0.05) is 48.6 Å². The summed E-state index contributed by atoms with van der Waals surface area (Å²) in [6.07, 6.45) is 9.03. The zero-order chi connectivity index (χ0) is 39.7. The highest BCUT2D eigenvalue weighted by atomic mass is 16.7. The van der Waals surface area contributed by atoms with Crippen LogP contribution < -0.4 is 21.7 Å². The number of anilines is 3. The van der Waals surface area contributed by atoms with E-state index in [1.54, 1.807) is 12.1 Å². The van der Waals surface area contributed by atoms with Gasteiger partial charge in [-0.1, -0.05) is 67.8 Å². The summed E-state index contributed by atoms with van der Waals surface area (Å²) in [6, 6.07) is 22.8. The predicted molar refractivity (Wildman–Crippen MR) is 219 cm³/mol. The molecule has 0 aromatic heterocycles. The molecule has 11 nitrogen and oxygen atoms in total. The number of amides is 3. The molecule has 6 N–H and O–H groups in total. The third-order valence-corrected chi connectivity index (χ3v) is 11.3. The van der Waals surface area contributed by atoms with E-state index in [2.05, 4.69) is 20.9 Å². The number of fused-ring (bicyclic) bond motifs is 1.